The molecule has 0 saturated carbocycles. The van der Waals surface area contributed by atoms with Crippen molar-refractivity contribution in [3.8, 4) is 0 Å². The van der Waals surface area contributed by atoms with Crippen molar-refractivity contribution in [1.29, 1.82) is 0 Å². The van der Waals surface area contributed by atoms with Crippen LogP contribution in [-0.2, 0) is 20.9 Å². The summed E-state index contributed by atoms with van der Waals surface area (Å²) in [6, 6.07) is 6.33. The van der Waals surface area contributed by atoms with Crippen molar-refractivity contribution in [3.63, 3.8) is 0 Å². The molecule has 3 atom stereocenters. The van der Waals surface area contributed by atoms with E-state index in [1.807, 2.05) is 39.8 Å². The summed E-state index contributed by atoms with van der Waals surface area (Å²) >= 11 is 0. The fourth-order valence-electron chi connectivity index (χ4n) is 3.84. The molecule has 0 aliphatic rings. The van der Waals surface area contributed by atoms with Crippen LogP contribution in [-0.4, -0.2) is 42.4 Å². The minimum Gasteiger partial charge on any atom is -0.422 e. The molecule has 37 heavy (non-hydrogen) atoms. The van der Waals surface area contributed by atoms with Crippen molar-refractivity contribution < 1.29 is 18.8 Å². The number of unbranched alkanes of at least 4 members (excludes halogenated alkanes) is 1. The van der Waals surface area contributed by atoms with E-state index in [4.69, 9.17) is 15.9 Å². The summed E-state index contributed by atoms with van der Waals surface area (Å²) in [6.45, 7) is 7.94. The van der Waals surface area contributed by atoms with E-state index in [1.54, 1.807) is 18.2 Å². The predicted molar refractivity (Wildman–Crippen MR) is 143 cm³/mol. The second kappa shape index (κ2) is 14.5. The van der Waals surface area contributed by atoms with E-state index >= 15 is 0 Å². The van der Waals surface area contributed by atoms with Gasteiger partial charge in [0, 0.05) is 5.39 Å². The molecule has 0 saturated heterocycles. The first kappa shape index (κ1) is 30.0. The van der Waals surface area contributed by atoms with Crippen molar-refractivity contribution in [3.05, 3.63) is 46.3 Å². The molecule has 0 unspecified atom stereocenters. The predicted octanol–water partition coefficient (Wildman–Crippen LogP) is 1.54. The SMILES string of the molecule is CC(C)C[C@H](NC(=O)[C@H](N)C(C)C)C(=O)N[C@@H](CCCCN)C(=O)NCc1cc2ccccc2oc1=O. The number of carbonyl (C=O) groups is 3. The van der Waals surface area contributed by atoms with E-state index in [-0.39, 0.29) is 18.4 Å². The van der Waals surface area contributed by atoms with Crippen molar-refractivity contribution in [2.24, 2.45) is 23.3 Å². The topological polar surface area (TPSA) is 170 Å². The van der Waals surface area contributed by atoms with E-state index in [9.17, 15) is 19.2 Å². The van der Waals surface area contributed by atoms with E-state index in [0.717, 1.165) is 5.39 Å². The molecule has 0 fully saturated rings. The van der Waals surface area contributed by atoms with Gasteiger partial charge < -0.3 is 31.8 Å². The third kappa shape index (κ3) is 9.29. The largest absolute Gasteiger partial charge is 0.422 e. The molecule has 0 aliphatic carbocycles. The van der Waals surface area contributed by atoms with Gasteiger partial charge in [-0.3, -0.25) is 14.4 Å². The van der Waals surface area contributed by atoms with Crippen LogP contribution in [0.2, 0.25) is 0 Å². The van der Waals surface area contributed by atoms with Crippen molar-refractivity contribution >= 4 is 28.7 Å². The number of hydrogen-bond acceptors (Lipinski definition) is 7. The number of amides is 3. The number of hydrogen-bond donors (Lipinski definition) is 5. The molecule has 0 spiro atoms. The fraction of sp³-hybridized carbons (Fsp3) is 0.556. The number of benzene rings is 1. The van der Waals surface area contributed by atoms with Crippen LogP contribution in [0.4, 0.5) is 0 Å². The summed E-state index contributed by atoms with van der Waals surface area (Å²) in [6.07, 6.45) is 2.04. The van der Waals surface area contributed by atoms with Crippen molar-refractivity contribution in [2.75, 3.05) is 6.54 Å². The molecule has 10 nitrogen and oxygen atoms in total. The molecule has 2 rings (SSSR count). The van der Waals surface area contributed by atoms with Crippen LogP contribution in [0.25, 0.3) is 11.0 Å². The van der Waals surface area contributed by atoms with E-state index in [1.165, 1.54) is 0 Å². The minimum absolute atomic E-state index is 0.0509. The highest BCUT2D eigenvalue weighted by molar-refractivity contribution is 5.93. The zero-order valence-electron chi connectivity index (χ0n) is 22.2. The zero-order chi connectivity index (χ0) is 27.5. The Labute approximate surface area is 217 Å². The number of rotatable bonds is 14. The number of carbonyl (C=O) groups excluding carboxylic acids is 3. The van der Waals surface area contributed by atoms with Crippen LogP contribution in [0.1, 0.15) is 58.9 Å². The van der Waals surface area contributed by atoms with Crippen LogP contribution in [0, 0.1) is 11.8 Å². The molecule has 0 bridgehead atoms. The summed E-state index contributed by atoms with van der Waals surface area (Å²) in [5.74, 6) is -1.29. The Morgan fingerprint density at radius 3 is 2.27 bits per heavy atom. The molecule has 3 amide bonds. The molecular formula is C27H41N5O5. The monoisotopic (exact) mass is 515 g/mol. The molecule has 1 aromatic heterocycles. The van der Waals surface area contributed by atoms with Crippen molar-refractivity contribution in [1.82, 2.24) is 16.0 Å². The Bertz CT molecular complexity index is 1110. The molecule has 0 radical (unpaired) electrons. The number of para-hydroxylation sites is 1. The molecule has 1 heterocycles. The van der Waals surface area contributed by atoms with Gasteiger partial charge in [0.2, 0.25) is 17.7 Å². The van der Waals surface area contributed by atoms with Gasteiger partial charge in [0.1, 0.15) is 17.7 Å². The van der Waals surface area contributed by atoms with Crippen LogP contribution in [0.5, 0.6) is 0 Å². The lowest BCUT2D eigenvalue weighted by Gasteiger charge is -2.26. The van der Waals surface area contributed by atoms with Gasteiger partial charge in [0.25, 0.3) is 0 Å². The highest BCUT2D eigenvalue weighted by Gasteiger charge is 2.29. The zero-order valence-corrected chi connectivity index (χ0v) is 22.2. The summed E-state index contributed by atoms with van der Waals surface area (Å²) in [7, 11) is 0. The van der Waals surface area contributed by atoms with Gasteiger partial charge in [-0.15, -0.1) is 0 Å². The molecule has 204 valence electrons. The van der Waals surface area contributed by atoms with E-state index < -0.39 is 41.5 Å². The highest BCUT2D eigenvalue weighted by atomic mass is 16.4. The maximum absolute atomic E-state index is 13.2. The highest BCUT2D eigenvalue weighted by Crippen LogP contribution is 2.13. The first-order chi connectivity index (χ1) is 17.5. The fourth-order valence-corrected chi connectivity index (χ4v) is 3.84. The van der Waals surface area contributed by atoms with Gasteiger partial charge in [0.05, 0.1) is 18.2 Å². The standard InChI is InChI=1S/C27H41N5O5/c1-16(2)13-21(32-26(35)23(29)17(3)4)25(34)31-20(10-7-8-12-28)24(33)30-15-19-14-18-9-5-6-11-22(18)37-27(19)36/h5-6,9,11,14,16-17,20-21,23H,7-8,10,12-13,15,28-29H2,1-4H3,(H,30,33)(H,31,34)(H,32,35)/t20-,21-,23+/m0/s1. The van der Waals surface area contributed by atoms with Crippen LogP contribution in [0.15, 0.2) is 39.5 Å². The van der Waals surface area contributed by atoms with Gasteiger partial charge >= 0.3 is 5.63 Å². The summed E-state index contributed by atoms with van der Waals surface area (Å²) in [5, 5.41) is 9.01. The molecular weight excluding hydrogens is 474 g/mol. The number of nitrogens with one attached hydrogen (secondary N) is 3. The van der Waals surface area contributed by atoms with E-state index in [2.05, 4.69) is 16.0 Å². The maximum atomic E-state index is 13.2. The lowest BCUT2D eigenvalue weighted by Crippen LogP contribution is -2.56. The molecule has 10 heteroatoms. The third-order valence-electron chi connectivity index (χ3n) is 6.11. The number of fused-ring (bicyclic) bond motifs is 1. The normalized spacial score (nSPS) is 13.8. The third-order valence-corrected chi connectivity index (χ3v) is 6.11. The molecule has 2 aromatic rings. The lowest BCUT2D eigenvalue weighted by atomic mass is 10.00. The second-order valence-electron chi connectivity index (χ2n) is 10.1. The Morgan fingerprint density at radius 2 is 1.62 bits per heavy atom. The van der Waals surface area contributed by atoms with Crippen molar-refractivity contribution in [2.45, 2.75) is 78.0 Å². The Kier molecular flexibility index (Phi) is 11.7. The van der Waals surface area contributed by atoms with Gasteiger partial charge in [-0.05, 0) is 56.2 Å². The first-order valence-corrected chi connectivity index (χ1v) is 12.9. The minimum atomic E-state index is -0.864. The molecule has 0 aliphatic heterocycles. The quantitative estimate of drug-likeness (QED) is 0.188. The maximum Gasteiger partial charge on any atom is 0.341 e. The van der Waals surface area contributed by atoms with E-state index in [0.29, 0.717) is 43.4 Å². The van der Waals surface area contributed by atoms with Gasteiger partial charge in [-0.25, -0.2) is 4.79 Å². The second-order valence-corrected chi connectivity index (χ2v) is 10.1. The van der Waals surface area contributed by atoms with Crippen LogP contribution < -0.4 is 33.0 Å². The van der Waals surface area contributed by atoms with Gasteiger partial charge in [-0.2, -0.15) is 0 Å². The Morgan fingerprint density at radius 1 is 0.946 bits per heavy atom. The Hall–Kier alpha value is -3.24. The molecule has 7 N–H and O–H groups in total. The van der Waals surface area contributed by atoms with Gasteiger partial charge in [0.15, 0.2) is 0 Å². The Balaban J connectivity index is 2.14. The number of nitrogens with two attached hydrogens (primary N) is 2. The summed E-state index contributed by atoms with van der Waals surface area (Å²) in [4.78, 5) is 51.2. The van der Waals surface area contributed by atoms with Crippen LogP contribution >= 0.6 is 0 Å². The lowest BCUT2D eigenvalue weighted by molar-refractivity contribution is -0.133. The molecule has 1 aromatic carbocycles. The average Bonchev–Trinajstić information content (AvgIpc) is 2.85. The van der Waals surface area contributed by atoms with Gasteiger partial charge in [-0.1, -0.05) is 45.9 Å². The first-order valence-electron chi connectivity index (χ1n) is 12.9. The average molecular weight is 516 g/mol. The van der Waals surface area contributed by atoms with Crippen LogP contribution in [0.3, 0.4) is 0 Å². The smallest absolute Gasteiger partial charge is 0.341 e. The summed E-state index contributed by atoms with van der Waals surface area (Å²) < 4.78 is 5.33. The summed E-state index contributed by atoms with van der Waals surface area (Å²) in [5.41, 5.74) is 11.8.